The lowest BCUT2D eigenvalue weighted by Gasteiger charge is -2.38. The van der Waals surface area contributed by atoms with Gasteiger partial charge in [0.25, 0.3) is 0 Å². The standard InChI is InChI=1S/C10H19NO4S/c1-3-10(9(12)13)6-5-7-11(8-10)16(14,15)4-2/h3-8H2,1-2H3,(H,12,13). The monoisotopic (exact) mass is 249 g/mol. The second-order valence-electron chi connectivity index (χ2n) is 4.28. The van der Waals surface area contributed by atoms with Gasteiger partial charge in [0.05, 0.1) is 11.2 Å². The van der Waals surface area contributed by atoms with E-state index in [2.05, 4.69) is 0 Å². The second-order valence-corrected chi connectivity index (χ2v) is 6.53. The Morgan fingerprint density at radius 1 is 1.44 bits per heavy atom. The van der Waals surface area contributed by atoms with Crippen LogP contribution in [0.2, 0.25) is 0 Å². The van der Waals surface area contributed by atoms with E-state index in [0.29, 0.717) is 25.8 Å². The highest BCUT2D eigenvalue weighted by Gasteiger charge is 2.43. The summed E-state index contributed by atoms with van der Waals surface area (Å²) < 4.78 is 24.8. The molecule has 1 N–H and O–H groups in total. The molecule has 0 aromatic carbocycles. The zero-order valence-electron chi connectivity index (χ0n) is 9.77. The van der Waals surface area contributed by atoms with E-state index in [1.165, 1.54) is 4.31 Å². The topological polar surface area (TPSA) is 74.7 Å². The maximum absolute atomic E-state index is 11.7. The van der Waals surface area contributed by atoms with Gasteiger partial charge in [-0.15, -0.1) is 0 Å². The van der Waals surface area contributed by atoms with Gasteiger partial charge in [0.15, 0.2) is 0 Å². The van der Waals surface area contributed by atoms with Crippen molar-refractivity contribution in [1.82, 2.24) is 4.31 Å². The second kappa shape index (κ2) is 4.71. The molecular weight excluding hydrogens is 230 g/mol. The summed E-state index contributed by atoms with van der Waals surface area (Å²) in [5.74, 6) is -0.849. The van der Waals surface area contributed by atoms with Gasteiger partial charge in [-0.3, -0.25) is 4.79 Å². The van der Waals surface area contributed by atoms with Crippen molar-refractivity contribution in [2.75, 3.05) is 18.8 Å². The van der Waals surface area contributed by atoms with E-state index in [9.17, 15) is 18.3 Å². The van der Waals surface area contributed by atoms with Crippen molar-refractivity contribution in [1.29, 1.82) is 0 Å². The lowest BCUT2D eigenvalue weighted by molar-refractivity contribution is -0.151. The average Bonchev–Trinajstić information content (AvgIpc) is 2.28. The quantitative estimate of drug-likeness (QED) is 0.803. The fraction of sp³-hybridized carbons (Fsp3) is 0.900. The molecule has 1 unspecified atom stereocenters. The van der Waals surface area contributed by atoms with Crippen molar-refractivity contribution in [3.63, 3.8) is 0 Å². The molecule has 1 aliphatic rings. The maximum Gasteiger partial charge on any atom is 0.310 e. The molecule has 1 aliphatic heterocycles. The van der Waals surface area contributed by atoms with E-state index >= 15 is 0 Å². The summed E-state index contributed by atoms with van der Waals surface area (Å²) in [4.78, 5) is 11.2. The van der Waals surface area contributed by atoms with Gasteiger partial charge in [0.1, 0.15) is 0 Å². The zero-order chi connectivity index (χ0) is 12.4. The van der Waals surface area contributed by atoms with Crippen LogP contribution in [0.15, 0.2) is 0 Å². The molecule has 0 amide bonds. The van der Waals surface area contributed by atoms with Crippen molar-refractivity contribution < 1.29 is 18.3 Å². The molecule has 1 heterocycles. The van der Waals surface area contributed by atoms with Gasteiger partial charge in [-0.2, -0.15) is 0 Å². The third-order valence-corrected chi connectivity index (χ3v) is 5.26. The van der Waals surface area contributed by atoms with Crippen LogP contribution in [0, 0.1) is 5.41 Å². The maximum atomic E-state index is 11.7. The van der Waals surface area contributed by atoms with Gasteiger partial charge < -0.3 is 5.11 Å². The van der Waals surface area contributed by atoms with E-state index in [-0.39, 0.29) is 12.3 Å². The summed E-state index contributed by atoms with van der Waals surface area (Å²) in [7, 11) is -3.27. The van der Waals surface area contributed by atoms with Gasteiger partial charge >= 0.3 is 5.97 Å². The first kappa shape index (κ1) is 13.4. The molecule has 1 atom stereocenters. The van der Waals surface area contributed by atoms with Crippen molar-refractivity contribution in [3.05, 3.63) is 0 Å². The SMILES string of the molecule is CCC1(C(=O)O)CCCN(S(=O)(=O)CC)C1. The Balaban J connectivity index is 2.93. The Labute approximate surface area is 96.5 Å². The highest BCUT2D eigenvalue weighted by Crippen LogP contribution is 2.34. The number of hydrogen-bond donors (Lipinski definition) is 1. The van der Waals surface area contributed by atoms with Crippen LogP contribution < -0.4 is 0 Å². The first-order valence-electron chi connectivity index (χ1n) is 5.59. The van der Waals surface area contributed by atoms with Crippen molar-refractivity contribution in [3.8, 4) is 0 Å². The fourth-order valence-electron chi connectivity index (χ4n) is 2.12. The summed E-state index contributed by atoms with van der Waals surface area (Å²) in [5.41, 5.74) is -0.888. The first-order chi connectivity index (χ1) is 7.38. The minimum atomic E-state index is -3.27. The molecule has 1 rings (SSSR count). The number of piperidine rings is 1. The fourth-order valence-corrected chi connectivity index (χ4v) is 3.34. The minimum absolute atomic E-state index is 0.0341. The third-order valence-electron chi connectivity index (χ3n) is 3.43. The number of rotatable bonds is 4. The predicted octanol–water partition coefficient (Wildman–Crippen LogP) is 0.913. The van der Waals surface area contributed by atoms with E-state index in [1.54, 1.807) is 13.8 Å². The highest BCUT2D eigenvalue weighted by atomic mass is 32.2. The molecule has 0 bridgehead atoms. The van der Waals surface area contributed by atoms with Gasteiger partial charge in [0, 0.05) is 13.1 Å². The van der Waals surface area contributed by atoms with Crippen molar-refractivity contribution >= 4 is 16.0 Å². The van der Waals surface area contributed by atoms with Crippen LogP contribution >= 0.6 is 0 Å². The zero-order valence-corrected chi connectivity index (χ0v) is 10.6. The molecule has 0 aromatic rings. The number of nitrogens with zero attached hydrogens (tertiary/aromatic N) is 1. The van der Waals surface area contributed by atoms with Crippen LogP contribution in [-0.2, 0) is 14.8 Å². The minimum Gasteiger partial charge on any atom is -0.481 e. The molecule has 0 aromatic heterocycles. The molecule has 0 spiro atoms. The smallest absolute Gasteiger partial charge is 0.310 e. The Morgan fingerprint density at radius 2 is 2.06 bits per heavy atom. The molecular formula is C10H19NO4S. The summed E-state index contributed by atoms with van der Waals surface area (Å²) in [6.07, 6.45) is 1.66. The summed E-state index contributed by atoms with van der Waals surface area (Å²) >= 11 is 0. The number of sulfonamides is 1. The van der Waals surface area contributed by atoms with Crippen LogP contribution in [0.25, 0.3) is 0 Å². The van der Waals surface area contributed by atoms with E-state index in [1.807, 2.05) is 0 Å². The van der Waals surface area contributed by atoms with Crippen LogP contribution in [0.4, 0.5) is 0 Å². The van der Waals surface area contributed by atoms with Crippen molar-refractivity contribution in [2.45, 2.75) is 33.1 Å². The van der Waals surface area contributed by atoms with Crippen LogP contribution in [-0.4, -0.2) is 42.6 Å². The first-order valence-corrected chi connectivity index (χ1v) is 7.20. The average molecular weight is 249 g/mol. The lowest BCUT2D eigenvalue weighted by Crippen LogP contribution is -2.49. The van der Waals surface area contributed by atoms with Crippen LogP contribution in [0.3, 0.4) is 0 Å². The highest BCUT2D eigenvalue weighted by molar-refractivity contribution is 7.89. The summed E-state index contributed by atoms with van der Waals surface area (Å²) in [6, 6.07) is 0. The summed E-state index contributed by atoms with van der Waals surface area (Å²) in [5, 5.41) is 9.22. The molecule has 0 saturated carbocycles. The number of carboxylic acids is 1. The van der Waals surface area contributed by atoms with Gasteiger partial charge in [0.2, 0.25) is 10.0 Å². The Kier molecular flexibility index (Phi) is 3.96. The third kappa shape index (κ3) is 2.38. The van der Waals surface area contributed by atoms with Crippen LogP contribution in [0.1, 0.15) is 33.1 Å². The normalized spacial score (nSPS) is 27.9. The molecule has 1 fully saturated rings. The molecule has 5 nitrogen and oxygen atoms in total. The Hall–Kier alpha value is -0.620. The van der Waals surface area contributed by atoms with E-state index in [0.717, 1.165) is 0 Å². The predicted molar refractivity (Wildman–Crippen MR) is 60.6 cm³/mol. The molecule has 16 heavy (non-hydrogen) atoms. The molecule has 6 heteroatoms. The molecule has 0 radical (unpaired) electrons. The molecule has 0 aliphatic carbocycles. The molecule has 94 valence electrons. The Bertz CT molecular complexity index is 365. The van der Waals surface area contributed by atoms with Gasteiger partial charge in [-0.05, 0) is 26.2 Å². The number of carboxylic acid groups (broad SMARTS) is 1. The van der Waals surface area contributed by atoms with E-state index < -0.39 is 21.4 Å². The number of hydrogen-bond acceptors (Lipinski definition) is 3. The van der Waals surface area contributed by atoms with Crippen LogP contribution in [0.5, 0.6) is 0 Å². The Morgan fingerprint density at radius 3 is 2.50 bits per heavy atom. The van der Waals surface area contributed by atoms with Gasteiger partial charge in [-0.25, -0.2) is 12.7 Å². The van der Waals surface area contributed by atoms with Gasteiger partial charge in [-0.1, -0.05) is 6.92 Å². The number of aliphatic carboxylic acids is 1. The lowest BCUT2D eigenvalue weighted by atomic mass is 9.78. The van der Waals surface area contributed by atoms with Crippen molar-refractivity contribution in [2.24, 2.45) is 5.41 Å². The number of carbonyl (C=O) groups is 1. The van der Waals surface area contributed by atoms with E-state index in [4.69, 9.17) is 0 Å². The summed E-state index contributed by atoms with van der Waals surface area (Å²) in [6.45, 7) is 3.95. The molecule has 1 saturated heterocycles. The largest absolute Gasteiger partial charge is 0.481 e.